The zero-order valence-electron chi connectivity index (χ0n) is 13.8. The van der Waals surface area contributed by atoms with Crippen molar-refractivity contribution in [2.24, 2.45) is 0 Å². The van der Waals surface area contributed by atoms with E-state index in [2.05, 4.69) is 10.1 Å². The Balaban J connectivity index is 2.14. The topological polar surface area (TPSA) is 55.4 Å². The van der Waals surface area contributed by atoms with Crippen molar-refractivity contribution in [3.05, 3.63) is 65.2 Å². The van der Waals surface area contributed by atoms with E-state index in [1.54, 1.807) is 24.3 Å². The Morgan fingerprint density at radius 2 is 1.52 bits per heavy atom. The minimum atomic E-state index is -0.658. The molecule has 0 aliphatic carbocycles. The van der Waals surface area contributed by atoms with Gasteiger partial charge >= 0.3 is 5.97 Å². The minimum Gasteiger partial charge on any atom is -0.465 e. The third-order valence-electron chi connectivity index (χ3n) is 3.90. The number of carbonyl (C=O) groups excluding carboxylic acids is 2. The molecule has 0 spiro atoms. The fourth-order valence-corrected chi connectivity index (χ4v) is 2.20. The molecule has 1 amide bonds. The lowest BCUT2D eigenvalue weighted by Crippen LogP contribution is -2.34. The summed E-state index contributed by atoms with van der Waals surface area (Å²) in [5.41, 5.74) is 2.54. The summed E-state index contributed by atoms with van der Waals surface area (Å²) < 4.78 is 4.65. The summed E-state index contributed by atoms with van der Waals surface area (Å²) in [5, 5.41) is 2.89. The van der Waals surface area contributed by atoms with Gasteiger partial charge in [0.2, 0.25) is 5.91 Å². The van der Waals surface area contributed by atoms with Crippen molar-refractivity contribution in [2.45, 2.75) is 26.2 Å². The molecule has 0 radical (unpaired) electrons. The maximum atomic E-state index is 12.6. The van der Waals surface area contributed by atoms with Crippen LogP contribution in [0.2, 0.25) is 0 Å². The summed E-state index contributed by atoms with van der Waals surface area (Å²) >= 11 is 0. The Morgan fingerprint density at radius 3 is 2.04 bits per heavy atom. The van der Waals surface area contributed by atoms with Gasteiger partial charge in [0.25, 0.3) is 0 Å². The lowest BCUT2D eigenvalue weighted by atomic mass is 9.83. The van der Waals surface area contributed by atoms with Gasteiger partial charge in [0.15, 0.2) is 0 Å². The number of methoxy groups -OCH3 is 1. The molecule has 2 aromatic carbocycles. The van der Waals surface area contributed by atoms with Gasteiger partial charge in [-0.25, -0.2) is 4.79 Å². The second-order valence-corrected chi connectivity index (χ2v) is 6.01. The smallest absolute Gasteiger partial charge is 0.337 e. The van der Waals surface area contributed by atoms with Gasteiger partial charge in [-0.2, -0.15) is 0 Å². The largest absolute Gasteiger partial charge is 0.465 e. The highest BCUT2D eigenvalue weighted by molar-refractivity contribution is 5.99. The molecule has 0 fully saturated rings. The van der Waals surface area contributed by atoms with Crippen LogP contribution in [0.4, 0.5) is 5.69 Å². The number of benzene rings is 2. The van der Waals surface area contributed by atoms with Gasteiger partial charge in [0.1, 0.15) is 0 Å². The molecule has 0 saturated carbocycles. The number of nitrogens with one attached hydrogen (secondary N) is 1. The Hall–Kier alpha value is -2.62. The Bertz CT molecular complexity index is 700. The maximum Gasteiger partial charge on any atom is 0.337 e. The van der Waals surface area contributed by atoms with E-state index in [0.717, 1.165) is 11.1 Å². The maximum absolute atomic E-state index is 12.6. The van der Waals surface area contributed by atoms with Gasteiger partial charge < -0.3 is 10.1 Å². The molecule has 0 bridgehead atoms. The molecule has 1 N–H and O–H groups in total. The highest BCUT2D eigenvalue weighted by Crippen LogP contribution is 2.25. The lowest BCUT2D eigenvalue weighted by Gasteiger charge is -2.24. The van der Waals surface area contributed by atoms with Crippen LogP contribution in [0.3, 0.4) is 0 Å². The van der Waals surface area contributed by atoms with Crippen LogP contribution in [0, 0.1) is 6.92 Å². The normalized spacial score (nSPS) is 11.0. The number of carbonyl (C=O) groups is 2. The van der Waals surface area contributed by atoms with E-state index in [0.29, 0.717) is 11.3 Å². The van der Waals surface area contributed by atoms with E-state index in [4.69, 9.17) is 0 Å². The van der Waals surface area contributed by atoms with Gasteiger partial charge in [0, 0.05) is 5.69 Å². The van der Waals surface area contributed by atoms with Gasteiger partial charge in [-0.1, -0.05) is 29.8 Å². The van der Waals surface area contributed by atoms with Crippen molar-refractivity contribution in [1.82, 2.24) is 0 Å². The molecule has 2 rings (SSSR count). The van der Waals surface area contributed by atoms with Crippen molar-refractivity contribution in [3.63, 3.8) is 0 Å². The quantitative estimate of drug-likeness (QED) is 0.876. The van der Waals surface area contributed by atoms with Gasteiger partial charge in [-0.05, 0) is 50.6 Å². The van der Waals surface area contributed by atoms with Crippen LogP contribution in [0.15, 0.2) is 48.5 Å². The third-order valence-corrected chi connectivity index (χ3v) is 3.90. The van der Waals surface area contributed by atoms with E-state index in [1.807, 2.05) is 45.0 Å². The predicted octanol–water partition coefficient (Wildman–Crippen LogP) is 3.70. The molecule has 0 aliphatic heterocycles. The van der Waals surface area contributed by atoms with Gasteiger partial charge in [-0.3, -0.25) is 4.79 Å². The molecule has 0 aliphatic rings. The van der Waals surface area contributed by atoms with Crippen LogP contribution in [0.25, 0.3) is 0 Å². The van der Waals surface area contributed by atoms with Crippen LogP contribution in [0.5, 0.6) is 0 Å². The Labute approximate surface area is 136 Å². The molecule has 23 heavy (non-hydrogen) atoms. The average molecular weight is 311 g/mol. The van der Waals surface area contributed by atoms with E-state index < -0.39 is 11.4 Å². The summed E-state index contributed by atoms with van der Waals surface area (Å²) in [7, 11) is 1.34. The Kier molecular flexibility index (Phi) is 4.84. The molecule has 0 aromatic heterocycles. The molecular weight excluding hydrogens is 290 g/mol. The van der Waals surface area contributed by atoms with Crippen molar-refractivity contribution < 1.29 is 14.3 Å². The number of anilines is 1. The molecule has 0 atom stereocenters. The van der Waals surface area contributed by atoms with Crippen LogP contribution in [-0.4, -0.2) is 19.0 Å². The molecule has 4 heteroatoms. The fourth-order valence-electron chi connectivity index (χ4n) is 2.20. The number of hydrogen-bond acceptors (Lipinski definition) is 3. The van der Waals surface area contributed by atoms with E-state index in [-0.39, 0.29) is 5.91 Å². The molecule has 0 heterocycles. The SMILES string of the molecule is COC(=O)c1ccc(NC(=O)C(C)(C)c2ccc(C)cc2)cc1. The van der Waals surface area contributed by atoms with Crippen molar-refractivity contribution >= 4 is 17.6 Å². The highest BCUT2D eigenvalue weighted by atomic mass is 16.5. The number of rotatable bonds is 4. The first-order chi connectivity index (χ1) is 10.8. The van der Waals surface area contributed by atoms with Crippen LogP contribution in [0.1, 0.15) is 35.3 Å². The zero-order chi connectivity index (χ0) is 17.0. The van der Waals surface area contributed by atoms with Crippen LogP contribution >= 0.6 is 0 Å². The van der Waals surface area contributed by atoms with Crippen molar-refractivity contribution in [3.8, 4) is 0 Å². The van der Waals surface area contributed by atoms with Gasteiger partial charge in [-0.15, -0.1) is 0 Å². The number of hydrogen-bond donors (Lipinski definition) is 1. The number of aryl methyl sites for hydroxylation is 1. The van der Waals surface area contributed by atoms with Crippen LogP contribution in [-0.2, 0) is 14.9 Å². The third kappa shape index (κ3) is 3.77. The minimum absolute atomic E-state index is 0.104. The summed E-state index contributed by atoms with van der Waals surface area (Å²) in [6.07, 6.45) is 0. The monoisotopic (exact) mass is 311 g/mol. The first-order valence-electron chi connectivity index (χ1n) is 7.41. The second-order valence-electron chi connectivity index (χ2n) is 6.01. The average Bonchev–Trinajstić information content (AvgIpc) is 2.55. The summed E-state index contributed by atoms with van der Waals surface area (Å²) in [6.45, 7) is 5.78. The predicted molar refractivity (Wildman–Crippen MR) is 90.6 cm³/mol. The summed E-state index contributed by atoms with van der Waals surface area (Å²) in [4.78, 5) is 24.0. The van der Waals surface area contributed by atoms with E-state index >= 15 is 0 Å². The zero-order valence-corrected chi connectivity index (χ0v) is 13.8. The fraction of sp³-hybridized carbons (Fsp3) is 0.263. The summed E-state index contributed by atoms with van der Waals surface area (Å²) in [6, 6.07) is 14.6. The molecule has 120 valence electrons. The molecular formula is C19H21NO3. The van der Waals surface area contributed by atoms with Gasteiger partial charge in [0.05, 0.1) is 18.1 Å². The molecule has 2 aromatic rings. The Morgan fingerprint density at radius 1 is 0.957 bits per heavy atom. The molecule has 0 unspecified atom stereocenters. The summed E-state index contributed by atoms with van der Waals surface area (Å²) in [5.74, 6) is -0.505. The first-order valence-corrected chi connectivity index (χ1v) is 7.41. The lowest BCUT2D eigenvalue weighted by molar-refractivity contribution is -0.120. The van der Waals surface area contributed by atoms with Crippen molar-refractivity contribution in [2.75, 3.05) is 12.4 Å². The highest BCUT2D eigenvalue weighted by Gasteiger charge is 2.29. The number of ether oxygens (including phenoxy) is 1. The molecule has 0 saturated heterocycles. The van der Waals surface area contributed by atoms with E-state index in [9.17, 15) is 9.59 Å². The first kappa shape index (κ1) is 16.7. The molecule has 4 nitrogen and oxygen atoms in total. The van der Waals surface area contributed by atoms with E-state index in [1.165, 1.54) is 7.11 Å². The number of esters is 1. The van der Waals surface area contributed by atoms with Crippen LogP contribution < -0.4 is 5.32 Å². The standard InChI is InChI=1S/C19H21NO3/c1-13-5-9-15(10-6-13)19(2,3)18(22)20-16-11-7-14(8-12-16)17(21)23-4/h5-12H,1-4H3,(H,20,22). The number of amides is 1. The van der Waals surface area contributed by atoms with Crippen molar-refractivity contribution in [1.29, 1.82) is 0 Å². The second kappa shape index (κ2) is 6.65.